The summed E-state index contributed by atoms with van der Waals surface area (Å²) in [5.41, 5.74) is -0.860. The number of amides is 4. The van der Waals surface area contributed by atoms with Crippen LogP contribution in [0.25, 0.3) is 5.82 Å². The van der Waals surface area contributed by atoms with Gasteiger partial charge in [-0.1, -0.05) is 23.2 Å². The number of halogens is 6. The number of rotatable bonds is 4. The number of imide groups is 1. The van der Waals surface area contributed by atoms with Gasteiger partial charge in [-0.2, -0.15) is 18.3 Å². The van der Waals surface area contributed by atoms with Crippen molar-refractivity contribution in [1.29, 1.82) is 0 Å². The molecule has 3 aromatic rings. The molecule has 39 heavy (non-hydrogen) atoms. The number of aromatic nitrogens is 3. The second kappa shape index (κ2) is 11.9. The molecule has 0 aliphatic carbocycles. The highest BCUT2D eigenvalue weighted by Gasteiger charge is 2.37. The summed E-state index contributed by atoms with van der Waals surface area (Å²) in [5.74, 6) is -2.61. The van der Waals surface area contributed by atoms with Gasteiger partial charge in [0.05, 0.1) is 30.5 Å². The van der Waals surface area contributed by atoms with Crippen molar-refractivity contribution in [2.75, 3.05) is 19.5 Å². The van der Waals surface area contributed by atoms with Gasteiger partial charge in [-0.15, -0.1) is 5.01 Å². The Morgan fingerprint density at radius 1 is 1.05 bits per heavy atom. The molecule has 0 bridgehead atoms. The molecule has 0 aliphatic rings. The van der Waals surface area contributed by atoms with Crippen molar-refractivity contribution in [1.82, 2.24) is 25.2 Å². The summed E-state index contributed by atoms with van der Waals surface area (Å²) in [6.07, 6.45) is -6.35. The normalized spacial score (nSPS) is 11.0. The van der Waals surface area contributed by atoms with Gasteiger partial charge in [-0.25, -0.2) is 24.7 Å². The zero-order chi connectivity index (χ0) is 29.1. The number of benzene rings is 1. The summed E-state index contributed by atoms with van der Waals surface area (Å²) in [5, 5.41) is 5.68. The Labute approximate surface area is 235 Å². The van der Waals surface area contributed by atoms with Crippen molar-refractivity contribution in [3.63, 3.8) is 0 Å². The van der Waals surface area contributed by atoms with Crippen molar-refractivity contribution in [3.05, 3.63) is 68.0 Å². The molecule has 2 heterocycles. The average Bonchev–Trinajstić information content (AvgIpc) is 3.34. The summed E-state index contributed by atoms with van der Waals surface area (Å²) in [7, 11) is 1.86. The zero-order valence-electron chi connectivity index (χ0n) is 19.5. The van der Waals surface area contributed by atoms with E-state index in [0.717, 1.165) is 20.3 Å². The molecule has 206 valence electrons. The number of carbonyl (C=O) groups is 4. The molecular formula is C21H14BrCl2F3N6O6. The first-order valence-corrected chi connectivity index (χ1v) is 11.7. The van der Waals surface area contributed by atoms with Crippen LogP contribution < -0.4 is 10.7 Å². The summed E-state index contributed by atoms with van der Waals surface area (Å²) >= 11 is 15.2. The Kier molecular flexibility index (Phi) is 9.03. The van der Waals surface area contributed by atoms with Crippen molar-refractivity contribution < 1.29 is 41.8 Å². The highest BCUT2D eigenvalue weighted by Crippen LogP contribution is 2.33. The number of ether oxygens (including phenoxy) is 2. The van der Waals surface area contributed by atoms with Gasteiger partial charge in [0.1, 0.15) is 5.69 Å². The number of hydrazine groups is 1. The fraction of sp³-hybridized carbons (Fsp3) is 0.143. The maximum Gasteiger partial charge on any atom is 0.438 e. The predicted molar refractivity (Wildman–Crippen MR) is 133 cm³/mol. The SMILES string of the molecule is COC(=O)N(NC(=O)c1cc(Cl)cc(Br)c1NC(=O)c1cc(C(F)(F)F)nn1-c1ncccc1Cl)C(=O)OC. The molecule has 12 nitrogen and oxygen atoms in total. The minimum absolute atomic E-state index is 0.00849. The third kappa shape index (κ3) is 6.58. The Morgan fingerprint density at radius 3 is 2.26 bits per heavy atom. The van der Waals surface area contributed by atoms with Gasteiger partial charge in [0.15, 0.2) is 11.5 Å². The lowest BCUT2D eigenvalue weighted by atomic mass is 10.1. The third-order valence-corrected chi connectivity index (χ3v) is 5.78. The van der Waals surface area contributed by atoms with E-state index < -0.39 is 47.1 Å². The standard InChI is InChI=1S/C21H14BrCl2F3N6O6/c1-38-19(36)33(20(37)39-2)31-17(34)10-6-9(23)7-11(22)15(10)29-18(35)13-8-14(21(25,26)27)30-32(13)16-12(24)4-3-5-28-16/h3-8H,1-2H3,(H,29,35)(H,31,34). The van der Waals surface area contributed by atoms with Crippen LogP contribution in [0.1, 0.15) is 26.5 Å². The molecule has 0 saturated heterocycles. The highest BCUT2D eigenvalue weighted by atomic mass is 79.9. The van der Waals surface area contributed by atoms with Gasteiger partial charge < -0.3 is 14.8 Å². The van der Waals surface area contributed by atoms with Crippen LogP contribution >= 0.6 is 39.1 Å². The van der Waals surface area contributed by atoms with Gasteiger partial charge in [-0.3, -0.25) is 9.59 Å². The molecule has 0 radical (unpaired) electrons. The average molecular weight is 654 g/mol. The molecule has 0 spiro atoms. The van der Waals surface area contributed by atoms with Crippen molar-refractivity contribution in [2.45, 2.75) is 6.18 Å². The zero-order valence-corrected chi connectivity index (χ0v) is 22.6. The number of nitrogens with zero attached hydrogens (tertiary/aromatic N) is 4. The van der Waals surface area contributed by atoms with Crippen LogP contribution in [0.2, 0.25) is 10.0 Å². The molecule has 0 aliphatic heterocycles. The Bertz CT molecular complexity index is 1450. The van der Waals surface area contributed by atoms with E-state index >= 15 is 0 Å². The van der Waals surface area contributed by atoms with E-state index in [1.807, 2.05) is 5.43 Å². The van der Waals surface area contributed by atoms with Gasteiger partial charge >= 0.3 is 18.4 Å². The maximum absolute atomic E-state index is 13.5. The molecule has 0 unspecified atom stereocenters. The number of hydrogen-bond donors (Lipinski definition) is 2. The minimum Gasteiger partial charge on any atom is -0.451 e. The van der Waals surface area contributed by atoms with E-state index in [2.05, 4.69) is 40.8 Å². The van der Waals surface area contributed by atoms with E-state index in [9.17, 15) is 32.3 Å². The molecule has 0 saturated carbocycles. The smallest absolute Gasteiger partial charge is 0.438 e. The number of carbonyl (C=O) groups excluding carboxylic acids is 4. The number of nitrogens with one attached hydrogen (secondary N) is 2. The highest BCUT2D eigenvalue weighted by molar-refractivity contribution is 9.10. The van der Waals surface area contributed by atoms with Crippen LogP contribution in [0.4, 0.5) is 28.4 Å². The lowest BCUT2D eigenvalue weighted by molar-refractivity contribution is -0.141. The number of hydrogen-bond acceptors (Lipinski definition) is 8. The molecule has 3 rings (SSSR count). The van der Waals surface area contributed by atoms with Crippen molar-refractivity contribution in [2.24, 2.45) is 0 Å². The molecular weight excluding hydrogens is 640 g/mol. The van der Waals surface area contributed by atoms with E-state index in [1.165, 1.54) is 24.4 Å². The molecule has 1 aromatic carbocycles. The van der Waals surface area contributed by atoms with E-state index in [-0.39, 0.29) is 31.0 Å². The maximum atomic E-state index is 13.5. The number of anilines is 1. The van der Waals surface area contributed by atoms with Gasteiger partial charge in [0.25, 0.3) is 11.8 Å². The fourth-order valence-corrected chi connectivity index (χ4v) is 4.05. The summed E-state index contributed by atoms with van der Waals surface area (Å²) in [6.45, 7) is 0. The van der Waals surface area contributed by atoms with Crippen LogP contribution in [0.15, 0.2) is 41.0 Å². The first-order chi connectivity index (χ1) is 18.3. The summed E-state index contributed by atoms with van der Waals surface area (Å²) in [6, 6.07) is 5.52. The van der Waals surface area contributed by atoms with Gasteiger partial charge in [0.2, 0.25) is 0 Å². The second-order valence-corrected chi connectivity index (χ2v) is 8.81. The molecule has 0 fully saturated rings. The van der Waals surface area contributed by atoms with E-state index in [0.29, 0.717) is 10.7 Å². The van der Waals surface area contributed by atoms with Crippen molar-refractivity contribution >= 4 is 68.8 Å². The molecule has 4 amide bonds. The number of alkyl halides is 3. The first-order valence-electron chi connectivity index (χ1n) is 10.1. The quantitative estimate of drug-likeness (QED) is 0.371. The number of methoxy groups -OCH3 is 2. The monoisotopic (exact) mass is 652 g/mol. The van der Waals surface area contributed by atoms with E-state index in [4.69, 9.17) is 23.2 Å². The van der Waals surface area contributed by atoms with Crippen molar-refractivity contribution in [3.8, 4) is 5.82 Å². The third-order valence-electron chi connectivity index (χ3n) is 4.64. The second-order valence-electron chi connectivity index (χ2n) is 7.11. The van der Waals surface area contributed by atoms with Crippen LogP contribution in [0, 0.1) is 0 Å². The Balaban J connectivity index is 2.07. The molecule has 0 atom stereocenters. The van der Waals surface area contributed by atoms with Crippen LogP contribution in [0.5, 0.6) is 0 Å². The lowest BCUT2D eigenvalue weighted by Crippen LogP contribution is -2.49. The largest absolute Gasteiger partial charge is 0.451 e. The minimum atomic E-state index is -4.93. The summed E-state index contributed by atoms with van der Waals surface area (Å²) in [4.78, 5) is 54.0. The first kappa shape index (κ1) is 29.7. The van der Waals surface area contributed by atoms with Crippen LogP contribution in [0.3, 0.4) is 0 Å². The predicted octanol–water partition coefficient (Wildman–Crippen LogP) is 5.09. The van der Waals surface area contributed by atoms with Gasteiger partial charge in [-0.05, 0) is 40.2 Å². The van der Waals surface area contributed by atoms with Crippen LogP contribution in [-0.2, 0) is 15.7 Å². The van der Waals surface area contributed by atoms with Crippen LogP contribution in [-0.4, -0.2) is 58.0 Å². The topological polar surface area (TPSA) is 145 Å². The molecule has 18 heteroatoms. The molecule has 2 aromatic heterocycles. The Hall–Kier alpha value is -3.89. The fourth-order valence-electron chi connectivity index (χ4n) is 2.94. The summed E-state index contributed by atoms with van der Waals surface area (Å²) < 4.78 is 49.8. The Morgan fingerprint density at radius 2 is 1.69 bits per heavy atom. The van der Waals surface area contributed by atoms with Gasteiger partial charge in [0, 0.05) is 21.8 Å². The number of pyridine rings is 1. The van der Waals surface area contributed by atoms with E-state index in [1.54, 1.807) is 0 Å². The molecule has 2 N–H and O–H groups in total. The lowest BCUT2D eigenvalue weighted by Gasteiger charge is -2.20.